The van der Waals surface area contributed by atoms with E-state index < -0.39 is 35.7 Å². The van der Waals surface area contributed by atoms with Gasteiger partial charge in [0.1, 0.15) is 17.4 Å². The predicted octanol–water partition coefficient (Wildman–Crippen LogP) is 1.49. The number of rotatable bonds is 6. The molecule has 0 unspecified atom stereocenters. The summed E-state index contributed by atoms with van der Waals surface area (Å²) in [6, 6.07) is 2.13. The highest BCUT2D eigenvalue weighted by Crippen LogP contribution is 2.28. The van der Waals surface area contributed by atoms with Gasteiger partial charge in [0.2, 0.25) is 0 Å². The molecule has 0 aromatic carbocycles. The maximum atomic E-state index is 12.8. The summed E-state index contributed by atoms with van der Waals surface area (Å²) >= 11 is 0. The number of nitrogens with zero attached hydrogens (tertiary/aromatic N) is 1. The van der Waals surface area contributed by atoms with Gasteiger partial charge >= 0.3 is 18.0 Å². The Bertz CT molecular complexity index is 842. The minimum Gasteiger partial charge on any atom is -0.467 e. The van der Waals surface area contributed by atoms with Gasteiger partial charge in [0.05, 0.1) is 25.1 Å². The summed E-state index contributed by atoms with van der Waals surface area (Å²) in [5, 5.41) is 5.42. The second-order valence-corrected chi connectivity index (χ2v) is 8.29. The summed E-state index contributed by atoms with van der Waals surface area (Å²) < 4.78 is 21.7. The molecular weight excluding hydrogens is 406 g/mol. The number of hydrogen-bond acceptors (Lipinski definition) is 8. The van der Waals surface area contributed by atoms with E-state index in [0.29, 0.717) is 24.6 Å². The molecule has 31 heavy (non-hydrogen) atoms. The predicted molar refractivity (Wildman–Crippen MR) is 109 cm³/mol. The first-order chi connectivity index (χ1) is 14.7. The van der Waals surface area contributed by atoms with E-state index in [1.807, 2.05) is 4.90 Å². The third-order valence-corrected chi connectivity index (χ3v) is 4.68. The average Bonchev–Trinajstić information content (AvgIpc) is 3.21. The number of amides is 2. The first-order valence-corrected chi connectivity index (χ1v) is 10.3. The maximum Gasteiger partial charge on any atom is 0.338 e. The molecule has 0 bridgehead atoms. The van der Waals surface area contributed by atoms with Crippen molar-refractivity contribution in [1.82, 2.24) is 15.5 Å². The molecule has 2 atom stereocenters. The summed E-state index contributed by atoms with van der Waals surface area (Å²) in [6.07, 6.45) is 0.720. The Labute approximate surface area is 180 Å². The molecule has 0 spiro atoms. The molecule has 10 heteroatoms. The Morgan fingerprint density at radius 3 is 2.74 bits per heavy atom. The normalized spacial score (nSPS) is 22.5. The van der Waals surface area contributed by atoms with Crippen LogP contribution in [-0.2, 0) is 23.8 Å². The fourth-order valence-electron chi connectivity index (χ4n) is 3.44. The zero-order valence-corrected chi connectivity index (χ0v) is 18.2. The second kappa shape index (κ2) is 9.52. The van der Waals surface area contributed by atoms with Crippen LogP contribution >= 0.6 is 0 Å². The van der Waals surface area contributed by atoms with Crippen LogP contribution in [0.25, 0.3) is 0 Å². The zero-order chi connectivity index (χ0) is 22.6. The Morgan fingerprint density at radius 1 is 1.32 bits per heavy atom. The molecule has 10 nitrogen and oxygen atoms in total. The molecule has 3 rings (SSSR count). The van der Waals surface area contributed by atoms with E-state index in [0.717, 1.165) is 0 Å². The summed E-state index contributed by atoms with van der Waals surface area (Å²) in [6.45, 7) is 8.61. The SMILES string of the molecule is CCOC(=O)C1=C(CN2CCO[C@@H](C(=O)OC(C)(C)C)C2)NC(=O)N[C@H]1c1ccco1. The van der Waals surface area contributed by atoms with E-state index in [9.17, 15) is 14.4 Å². The monoisotopic (exact) mass is 435 g/mol. The zero-order valence-electron chi connectivity index (χ0n) is 18.2. The van der Waals surface area contributed by atoms with Gasteiger partial charge in [-0.05, 0) is 39.8 Å². The van der Waals surface area contributed by atoms with Crippen molar-refractivity contribution in [3.8, 4) is 0 Å². The Kier molecular flexibility index (Phi) is 7.01. The number of ether oxygens (including phenoxy) is 3. The van der Waals surface area contributed by atoms with Crippen molar-refractivity contribution in [2.24, 2.45) is 0 Å². The van der Waals surface area contributed by atoms with Gasteiger partial charge in [-0.3, -0.25) is 4.90 Å². The highest BCUT2D eigenvalue weighted by Gasteiger charge is 2.37. The minimum absolute atomic E-state index is 0.187. The number of nitrogens with one attached hydrogen (secondary N) is 2. The quantitative estimate of drug-likeness (QED) is 0.645. The number of carbonyl (C=O) groups excluding carboxylic acids is 3. The third-order valence-electron chi connectivity index (χ3n) is 4.68. The molecule has 0 radical (unpaired) electrons. The van der Waals surface area contributed by atoms with Crippen molar-refractivity contribution in [2.45, 2.75) is 45.4 Å². The van der Waals surface area contributed by atoms with Crippen LogP contribution in [-0.4, -0.2) is 67.4 Å². The minimum atomic E-state index is -0.777. The summed E-state index contributed by atoms with van der Waals surface area (Å²) in [5.41, 5.74) is 0.0341. The highest BCUT2D eigenvalue weighted by atomic mass is 16.6. The lowest BCUT2D eigenvalue weighted by Crippen LogP contribution is -2.52. The number of furan rings is 1. The summed E-state index contributed by atoms with van der Waals surface area (Å²) in [4.78, 5) is 39.4. The molecule has 2 aliphatic rings. The van der Waals surface area contributed by atoms with Gasteiger partial charge < -0.3 is 29.3 Å². The number of morpholine rings is 1. The molecule has 2 aliphatic heterocycles. The van der Waals surface area contributed by atoms with Crippen LogP contribution in [0.2, 0.25) is 0 Å². The van der Waals surface area contributed by atoms with E-state index in [4.69, 9.17) is 18.6 Å². The van der Waals surface area contributed by atoms with Gasteiger partial charge in [-0.15, -0.1) is 0 Å². The van der Waals surface area contributed by atoms with Gasteiger partial charge in [0.25, 0.3) is 0 Å². The molecule has 2 amide bonds. The van der Waals surface area contributed by atoms with E-state index >= 15 is 0 Å². The van der Waals surface area contributed by atoms with E-state index in [1.165, 1.54) is 6.26 Å². The highest BCUT2D eigenvalue weighted by molar-refractivity contribution is 5.95. The van der Waals surface area contributed by atoms with Crippen molar-refractivity contribution in [3.05, 3.63) is 35.4 Å². The topological polar surface area (TPSA) is 119 Å². The summed E-state index contributed by atoms with van der Waals surface area (Å²) in [7, 11) is 0. The molecule has 1 saturated heterocycles. The van der Waals surface area contributed by atoms with Crippen LogP contribution in [0.3, 0.4) is 0 Å². The molecule has 1 aromatic heterocycles. The number of urea groups is 1. The standard InChI is InChI=1S/C21H29N3O7/c1-5-28-19(26)16-13(22-20(27)23-17(16)14-7-6-9-29-14)11-24-8-10-30-15(12-24)18(25)31-21(2,3)4/h6-7,9,15,17H,5,8,10-12H2,1-4H3,(H2,22,23,27)/t15-,17+/m1/s1. The van der Waals surface area contributed by atoms with E-state index in [1.54, 1.807) is 39.8 Å². The van der Waals surface area contributed by atoms with Gasteiger partial charge in [-0.2, -0.15) is 0 Å². The first kappa shape index (κ1) is 22.8. The number of hydrogen-bond donors (Lipinski definition) is 2. The number of carbonyl (C=O) groups is 3. The summed E-state index contributed by atoms with van der Waals surface area (Å²) in [5.74, 6) is -0.577. The average molecular weight is 435 g/mol. The van der Waals surface area contributed by atoms with E-state index in [-0.39, 0.29) is 25.3 Å². The molecule has 1 fully saturated rings. The smallest absolute Gasteiger partial charge is 0.338 e. The van der Waals surface area contributed by atoms with Crippen molar-refractivity contribution < 1.29 is 33.0 Å². The Balaban J connectivity index is 1.83. The van der Waals surface area contributed by atoms with Gasteiger partial charge in [0, 0.05) is 25.3 Å². The third kappa shape index (κ3) is 5.86. The first-order valence-electron chi connectivity index (χ1n) is 10.3. The van der Waals surface area contributed by atoms with Crippen LogP contribution in [0.5, 0.6) is 0 Å². The Hall–Kier alpha value is -2.85. The van der Waals surface area contributed by atoms with Crippen LogP contribution in [0.15, 0.2) is 34.1 Å². The second-order valence-electron chi connectivity index (χ2n) is 8.29. The van der Waals surface area contributed by atoms with Crippen molar-refractivity contribution in [2.75, 3.05) is 32.8 Å². The Morgan fingerprint density at radius 2 is 2.10 bits per heavy atom. The fraction of sp³-hybridized carbons (Fsp3) is 0.571. The molecule has 0 aliphatic carbocycles. The van der Waals surface area contributed by atoms with Crippen LogP contribution in [0.4, 0.5) is 4.79 Å². The van der Waals surface area contributed by atoms with Gasteiger partial charge in [-0.25, -0.2) is 14.4 Å². The fourth-order valence-corrected chi connectivity index (χ4v) is 3.44. The lowest BCUT2D eigenvalue weighted by Gasteiger charge is -2.35. The largest absolute Gasteiger partial charge is 0.467 e. The van der Waals surface area contributed by atoms with E-state index in [2.05, 4.69) is 10.6 Å². The number of esters is 2. The van der Waals surface area contributed by atoms with Crippen molar-refractivity contribution in [3.63, 3.8) is 0 Å². The maximum absolute atomic E-state index is 12.8. The molecule has 1 aromatic rings. The molecule has 2 N–H and O–H groups in total. The lowest BCUT2D eigenvalue weighted by atomic mass is 9.99. The molecular formula is C21H29N3O7. The molecule has 170 valence electrons. The lowest BCUT2D eigenvalue weighted by molar-refractivity contribution is -0.173. The van der Waals surface area contributed by atoms with Gasteiger partial charge in [0.15, 0.2) is 6.10 Å². The van der Waals surface area contributed by atoms with Crippen molar-refractivity contribution in [1.29, 1.82) is 0 Å². The van der Waals surface area contributed by atoms with Crippen molar-refractivity contribution >= 4 is 18.0 Å². The van der Waals surface area contributed by atoms with Crippen LogP contribution in [0.1, 0.15) is 39.5 Å². The molecule has 3 heterocycles. The molecule has 0 saturated carbocycles. The van der Waals surface area contributed by atoms with Gasteiger partial charge in [-0.1, -0.05) is 0 Å². The van der Waals surface area contributed by atoms with Crippen LogP contribution in [0, 0.1) is 0 Å². The van der Waals surface area contributed by atoms with Crippen LogP contribution < -0.4 is 10.6 Å².